The van der Waals surface area contributed by atoms with Crippen molar-refractivity contribution in [1.29, 1.82) is 0 Å². The summed E-state index contributed by atoms with van der Waals surface area (Å²) in [5, 5.41) is 10.5. The molecule has 4 aromatic rings. The van der Waals surface area contributed by atoms with E-state index in [1.807, 2.05) is 36.4 Å². The zero-order valence-corrected chi connectivity index (χ0v) is 17.9. The zero-order valence-electron chi connectivity index (χ0n) is 16.3. The van der Waals surface area contributed by atoms with Crippen molar-refractivity contribution in [3.63, 3.8) is 0 Å². The largest absolute Gasteiger partial charge is 0.506 e. The summed E-state index contributed by atoms with van der Waals surface area (Å²) in [5.74, 6) is 0.212. The summed E-state index contributed by atoms with van der Waals surface area (Å²) >= 11 is 3.48. The fourth-order valence-corrected chi connectivity index (χ4v) is 4.59. The highest BCUT2D eigenvalue weighted by atomic mass is 79.9. The minimum Gasteiger partial charge on any atom is -0.506 e. The molecule has 0 aliphatic heterocycles. The van der Waals surface area contributed by atoms with Crippen molar-refractivity contribution in [2.75, 3.05) is 0 Å². The maximum absolute atomic E-state index is 10.5. The average Bonchev–Trinajstić information content (AvgIpc) is 3.13. The number of fused-ring (bicyclic) bond motifs is 3. The summed E-state index contributed by atoms with van der Waals surface area (Å²) in [5.41, 5.74) is 9.23. The average molecular weight is 454 g/mol. The van der Waals surface area contributed by atoms with Gasteiger partial charge in [0.05, 0.1) is 10.2 Å². The molecule has 0 heterocycles. The number of phenols is 1. The molecular formula is C27H20BrNO. The van der Waals surface area contributed by atoms with Gasteiger partial charge in [-0.05, 0) is 86.4 Å². The third-order valence-electron chi connectivity index (χ3n) is 5.53. The lowest BCUT2D eigenvalue weighted by atomic mass is 10.0. The smallest absolute Gasteiger partial charge is 0.138 e. The van der Waals surface area contributed by atoms with Crippen molar-refractivity contribution in [2.24, 2.45) is 4.99 Å². The number of hydrogen-bond donors (Lipinski definition) is 1. The fraction of sp³-hybridized carbons (Fsp3) is 0.0741. The highest BCUT2D eigenvalue weighted by Gasteiger charge is 2.17. The van der Waals surface area contributed by atoms with Crippen LogP contribution in [0.5, 0.6) is 5.75 Å². The van der Waals surface area contributed by atoms with Crippen molar-refractivity contribution in [1.82, 2.24) is 0 Å². The third kappa shape index (κ3) is 3.69. The Morgan fingerprint density at radius 2 is 1.57 bits per heavy atom. The molecule has 0 amide bonds. The van der Waals surface area contributed by atoms with Crippen LogP contribution in [0.1, 0.15) is 27.8 Å². The second-order valence-corrected chi connectivity index (χ2v) is 8.47. The van der Waals surface area contributed by atoms with E-state index in [-0.39, 0.29) is 5.75 Å². The topological polar surface area (TPSA) is 32.6 Å². The maximum atomic E-state index is 10.5. The van der Waals surface area contributed by atoms with E-state index in [2.05, 4.69) is 69.5 Å². The van der Waals surface area contributed by atoms with Gasteiger partial charge in [-0.25, -0.2) is 0 Å². The van der Waals surface area contributed by atoms with E-state index in [9.17, 15) is 5.11 Å². The molecule has 0 saturated carbocycles. The second-order valence-electron chi connectivity index (χ2n) is 7.61. The number of rotatable bonds is 4. The number of nitrogens with zero attached hydrogens (tertiary/aromatic N) is 1. The van der Waals surface area contributed by atoms with E-state index in [4.69, 9.17) is 0 Å². The van der Waals surface area contributed by atoms with Gasteiger partial charge in [0.1, 0.15) is 5.75 Å². The predicted octanol–water partition coefficient (Wildman–Crippen LogP) is 7.07. The molecule has 4 aromatic carbocycles. The molecule has 0 radical (unpaired) electrons. The lowest BCUT2D eigenvalue weighted by Crippen LogP contribution is -1.92. The summed E-state index contributed by atoms with van der Waals surface area (Å²) in [7, 11) is 0. The fourth-order valence-electron chi connectivity index (χ4n) is 4.07. The molecule has 0 aromatic heterocycles. The minimum atomic E-state index is 0.212. The molecule has 1 N–H and O–H groups in total. The molecule has 0 atom stereocenters. The molecule has 0 bridgehead atoms. The first-order valence-corrected chi connectivity index (χ1v) is 10.8. The Bertz CT molecular complexity index is 1260. The van der Waals surface area contributed by atoms with Gasteiger partial charge in [-0.1, -0.05) is 60.7 Å². The molecule has 0 fully saturated rings. The molecule has 2 nitrogen and oxygen atoms in total. The second kappa shape index (κ2) is 7.92. The molecular weight excluding hydrogens is 434 g/mol. The van der Waals surface area contributed by atoms with Crippen LogP contribution in [0.4, 0.5) is 5.69 Å². The van der Waals surface area contributed by atoms with Crippen LogP contribution in [-0.4, -0.2) is 11.3 Å². The van der Waals surface area contributed by atoms with Crippen LogP contribution in [-0.2, 0) is 12.8 Å². The van der Waals surface area contributed by atoms with Gasteiger partial charge < -0.3 is 5.11 Å². The standard InChI is InChI=1S/C27H20BrNO/c28-26-14-19(12-18-6-2-1-3-7-18)13-22(27(26)30)17-29-23-10-11-25-21(16-23)15-20-8-4-5-9-24(20)25/h1-11,13-14,16-17,30H,12,15H2. The Labute approximate surface area is 184 Å². The zero-order chi connectivity index (χ0) is 20.5. The van der Waals surface area contributed by atoms with Gasteiger partial charge in [0, 0.05) is 11.8 Å². The van der Waals surface area contributed by atoms with Gasteiger partial charge >= 0.3 is 0 Å². The third-order valence-corrected chi connectivity index (χ3v) is 6.14. The van der Waals surface area contributed by atoms with E-state index < -0.39 is 0 Å². The Hall–Kier alpha value is -3.17. The van der Waals surface area contributed by atoms with Crippen LogP contribution in [0, 0.1) is 0 Å². The molecule has 1 aliphatic carbocycles. The molecule has 146 valence electrons. The van der Waals surface area contributed by atoms with Crippen molar-refractivity contribution < 1.29 is 5.11 Å². The monoisotopic (exact) mass is 453 g/mol. The highest BCUT2D eigenvalue weighted by molar-refractivity contribution is 9.10. The highest BCUT2D eigenvalue weighted by Crippen LogP contribution is 2.38. The molecule has 1 aliphatic rings. The Morgan fingerprint density at radius 3 is 2.43 bits per heavy atom. The van der Waals surface area contributed by atoms with Crippen LogP contribution < -0.4 is 0 Å². The van der Waals surface area contributed by atoms with Gasteiger partial charge in [-0.3, -0.25) is 4.99 Å². The molecule has 30 heavy (non-hydrogen) atoms. The van der Waals surface area contributed by atoms with Crippen molar-refractivity contribution in [3.05, 3.63) is 117 Å². The van der Waals surface area contributed by atoms with Gasteiger partial charge in [0.25, 0.3) is 0 Å². The molecule has 0 unspecified atom stereocenters. The number of hydrogen-bond acceptors (Lipinski definition) is 2. The number of phenolic OH excluding ortho intramolecular Hbond substituents is 1. The maximum Gasteiger partial charge on any atom is 0.138 e. The van der Waals surface area contributed by atoms with Gasteiger partial charge in [-0.15, -0.1) is 0 Å². The number of benzene rings is 4. The summed E-state index contributed by atoms with van der Waals surface area (Å²) in [6.07, 6.45) is 3.49. The molecule has 0 saturated heterocycles. The van der Waals surface area contributed by atoms with Crippen LogP contribution in [0.2, 0.25) is 0 Å². The molecule has 0 spiro atoms. The van der Waals surface area contributed by atoms with Crippen LogP contribution in [0.25, 0.3) is 11.1 Å². The molecule has 5 rings (SSSR count). The summed E-state index contributed by atoms with van der Waals surface area (Å²) in [6, 6.07) is 29.2. The van der Waals surface area contributed by atoms with Gasteiger partial charge in [-0.2, -0.15) is 0 Å². The minimum absolute atomic E-state index is 0.212. The van der Waals surface area contributed by atoms with Crippen LogP contribution >= 0.6 is 15.9 Å². The normalized spacial score (nSPS) is 12.2. The van der Waals surface area contributed by atoms with Gasteiger partial charge in [0.15, 0.2) is 0 Å². The lowest BCUT2D eigenvalue weighted by molar-refractivity contribution is 0.471. The Balaban J connectivity index is 1.42. The number of aliphatic imine (C=N–C) groups is 1. The number of aromatic hydroxyl groups is 1. The van der Waals surface area contributed by atoms with E-state index in [0.29, 0.717) is 10.0 Å². The first-order chi connectivity index (χ1) is 14.7. The Morgan fingerprint density at radius 1 is 0.800 bits per heavy atom. The SMILES string of the molecule is Oc1c(Br)cc(Cc2ccccc2)cc1C=Nc1ccc2c(c1)Cc1ccccc1-2. The molecule has 3 heteroatoms. The first-order valence-electron chi connectivity index (χ1n) is 9.98. The number of halogens is 1. The van der Waals surface area contributed by atoms with E-state index in [1.54, 1.807) is 6.21 Å². The summed E-state index contributed by atoms with van der Waals surface area (Å²) in [4.78, 5) is 4.66. The van der Waals surface area contributed by atoms with Crippen molar-refractivity contribution in [2.45, 2.75) is 12.8 Å². The van der Waals surface area contributed by atoms with E-state index in [1.165, 1.54) is 27.8 Å². The van der Waals surface area contributed by atoms with Crippen LogP contribution in [0.3, 0.4) is 0 Å². The van der Waals surface area contributed by atoms with Crippen LogP contribution in [0.15, 0.2) is 94.4 Å². The predicted molar refractivity (Wildman–Crippen MR) is 127 cm³/mol. The van der Waals surface area contributed by atoms with E-state index >= 15 is 0 Å². The summed E-state index contributed by atoms with van der Waals surface area (Å²) < 4.78 is 0.682. The quantitative estimate of drug-likeness (QED) is 0.290. The van der Waals surface area contributed by atoms with Crippen molar-refractivity contribution >= 4 is 27.8 Å². The summed E-state index contributed by atoms with van der Waals surface area (Å²) in [6.45, 7) is 0. The van der Waals surface area contributed by atoms with E-state index in [0.717, 1.165) is 24.1 Å². The first kappa shape index (κ1) is 18.8. The lowest BCUT2D eigenvalue weighted by Gasteiger charge is -2.08. The van der Waals surface area contributed by atoms with Crippen molar-refractivity contribution in [3.8, 4) is 16.9 Å². The van der Waals surface area contributed by atoms with Gasteiger partial charge in [0.2, 0.25) is 0 Å². The Kier molecular flexibility index (Phi) is 4.97.